The second-order valence-corrected chi connectivity index (χ2v) is 6.15. The largest absolute Gasteiger partial charge is 0.489 e. The third kappa shape index (κ3) is 4.15. The number of likely N-dealkylation sites (tertiary alicyclic amines) is 1. The highest BCUT2D eigenvalue weighted by Crippen LogP contribution is 2.18. The summed E-state index contributed by atoms with van der Waals surface area (Å²) in [6.45, 7) is 2.17. The summed E-state index contributed by atoms with van der Waals surface area (Å²) in [6.07, 6.45) is 2.03. The van der Waals surface area contributed by atoms with E-state index in [2.05, 4.69) is 5.32 Å². The Balaban J connectivity index is 1.55. The zero-order chi connectivity index (χ0) is 16.8. The molecule has 1 saturated heterocycles. The molecule has 0 bridgehead atoms. The molecule has 0 unspecified atom stereocenters. The van der Waals surface area contributed by atoms with Gasteiger partial charge >= 0.3 is 0 Å². The van der Waals surface area contributed by atoms with E-state index in [-0.39, 0.29) is 5.91 Å². The van der Waals surface area contributed by atoms with Crippen LogP contribution in [-0.2, 0) is 6.61 Å². The summed E-state index contributed by atoms with van der Waals surface area (Å²) in [7, 11) is 1.98. The number of carbonyl (C=O) groups excluding carboxylic acids is 1. The molecule has 1 amide bonds. The van der Waals surface area contributed by atoms with Gasteiger partial charge in [-0.3, -0.25) is 4.79 Å². The minimum atomic E-state index is 0.110. The molecule has 1 fully saturated rings. The van der Waals surface area contributed by atoms with Crippen LogP contribution in [0.1, 0.15) is 28.8 Å². The number of carbonyl (C=O) groups is 1. The second-order valence-electron chi connectivity index (χ2n) is 6.15. The van der Waals surface area contributed by atoms with Crippen molar-refractivity contribution in [1.29, 1.82) is 0 Å². The molecular formula is C20H24N2O2. The van der Waals surface area contributed by atoms with Gasteiger partial charge in [-0.1, -0.05) is 30.3 Å². The summed E-state index contributed by atoms with van der Waals surface area (Å²) in [5.74, 6) is 0.892. The number of ether oxygens (including phenoxy) is 1. The lowest BCUT2D eigenvalue weighted by Crippen LogP contribution is -2.43. The molecule has 1 N–H and O–H groups in total. The molecule has 0 aliphatic carbocycles. The van der Waals surface area contributed by atoms with E-state index in [0.717, 1.165) is 42.8 Å². The summed E-state index contributed by atoms with van der Waals surface area (Å²) in [4.78, 5) is 14.5. The molecule has 0 saturated carbocycles. The SMILES string of the molecule is CNC1CCN(C(=O)c2ccc(OCc3ccccc3)cc2)CC1. The van der Waals surface area contributed by atoms with Crippen LogP contribution in [0.4, 0.5) is 0 Å². The first-order valence-corrected chi connectivity index (χ1v) is 8.49. The Morgan fingerprint density at radius 2 is 1.75 bits per heavy atom. The summed E-state index contributed by atoms with van der Waals surface area (Å²) < 4.78 is 5.77. The molecule has 3 rings (SSSR count). The standard InChI is InChI=1S/C20H24N2O2/c1-21-18-11-13-22(14-12-18)20(23)17-7-9-19(10-8-17)24-15-16-5-3-2-4-6-16/h2-10,18,21H,11-15H2,1H3. The monoisotopic (exact) mass is 324 g/mol. The van der Waals surface area contributed by atoms with Crippen molar-refractivity contribution in [2.75, 3.05) is 20.1 Å². The van der Waals surface area contributed by atoms with Crippen LogP contribution in [0.25, 0.3) is 0 Å². The Morgan fingerprint density at radius 1 is 1.08 bits per heavy atom. The predicted molar refractivity (Wildman–Crippen MR) is 95.2 cm³/mol. The van der Waals surface area contributed by atoms with E-state index in [1.165, 1.54) is 0 Å². The lowest BCUT2D eigenvalue weighted by Gasteiger charge is -2.31. The molecular weight excluding hydrogens is 300 g/mol. The van der Waals surface area contributed by atoms with Crippen LogP contribution in [0, 0.1) is 0 Å². The van der Waals surface area contributed by atoms with Gasteiger partial charge in [-0.2, -0.15) is 0 Å². The predicted octanol–water partition coefficient (Wildman–Crippen LogP) is 3.09. The number of hydrogen-bond donors (Lipinski definition) is 1. The molecule has 126 valence electrons. The van der Waals surface area contributed by atoms with E-state index in [1.807, 2.05) is 66.5 Å². The van der Waals surface area contributed by atoms with Crippen molar-refractivity contribution < 1.29 is 9.53 Å². The number of amides is 1. The van der Waals surface area contributed by atoms with E-state index in [1.54, 1.807) is 0 Å². The van der Waals surface area contributed by atoms with Gasteiger partial charge in [-0.25, -0.2) is 0 Å². The summed E-state index contributed by atoms with van der Waals surface area (Å²) in [6, 6.07) is 18.0. The Hall–Kier alpha value is -2.33. The molecule has 24 heavy (non-hydrogen) atoms. The van der Waals surface area contributed by atoms with Crippen molar-refractivity contribution in [2.24, 2.45) is 0 Å². The Labute approximate surface area is 143 Å². The summed E-state index contributed by atoms with van der Waals surface area (Å²) in [5, 5.41) is 3.28. The van der Waals surface area contributed by atoms with Crippen molar-refractivity contribution in [3.63, 3.8) is 0 Å². The minimum Gasteiger partial charge on any atom is -0.489 e. The van der Waals surface area contributed by atoms with Crippen LogP contribution in [0.3, 0.4) is 0 Å². The second kappa shape index (κ2) is 7.97. The van der Waals surface area contributed by atoms with Gasteiger partial charge in [0.1, 0.15) is 12.4 Å². The van der Waals surface area contributed by atoms with E-state index < -0.39 is 0 Å². The van der Waals surface area contributed by atoms with Crippen molar-refractivity contribution >= 4 is 5.91 Å². The molecule has 1 heterocycles. The van der Waals surface area contributed by atoms with Gasteiger partial charge in [-0.15, -0.1) is 0 Å². The first-order valence-electron chi connectivity index (χ1n) is 8.49. The molecule has 4 nitrogen and oxygen atoms in total. The van der Waals surface area contributed by atoms with Crippen molar-refractivity contribution in [3.8, 4) is 5.75 Å². The number of hydrogen-bond acceptors (Lipinski definition) is 3. The van der Waals surface area contributed by atoms with Gasteiger partial charge in [-0.05, 0) is 49.7 Å². The maximum absolute atomic E-state index is 12.6. The van der Waals surface area contributed by atoms with Crippen LogP contribution in [-0.4, -0.2) is 37.0 Å². The van der Waals surface area contributed by atoms with E-state index in [0.29, 0.717) is 12.6 Å². The fraction of sp³-hybridized carbons (Fsp3) is 0.350. The fourth-order valence-electron chi connectivity index (χ4n) is 2.99. The van der Waals surface area contributed by atoms with Gasteiger partial charge in [0.05, 0.1) is 0 Å². The van der Waals surface area contributed by atoms with Gasteiger partial charge < -0.3 is 15.0 Å². The zero-order valence-corrected chi connectivity index (χ0v) is 14.1. The Morgan fingerprint density at radius 3 is 2.38 bits per heavy atom. The number of benzene rings is 2. The van der Waals surface area contributed by atoms with Crippen LogP contribution < -0.4 is 10.1 Å². The lowest BCUT2D eigenvalue weighted by atomic mass is 10.0. The zero-order valence-electron chi connectivity index (χ0n) is 14.1. The topological polar surface area (TPSA) is 41.6 Å². The number of nitrogens with one attached hydrogen (secondary N) is 1. The van der Waals surface area contributed by atoms with Crippen LogP contribution >= 0.6 is 0 Å². The molecule has 0 aromatic heterocycles. The highest BCUT2D eigenvalue weighted by atomic mass is 16.5. The number of rotatable bonds is 5. The Kier molecular flexibility index (Phi) is 5.49. The van der Waals surface area contributed by atoms with E-state index in [4.69, 9.17) is 4.74 Å². The van der Waals surface area contributed by atoms with Crippen molar-refractivity contribution in [3.05, 3.63) is 65.7 Å². The fourth-order valence-corrected chi connectivity index (χ4v) is 2.99. The summed E-state index contributed by atoms with van der Waals surface area (Å²) >= 11 is 0. The molecule has 1 aliphatic rings. The average Bonchev–Trinajstić information content (AvgIpc) is 2.67. The first-order chi connectivity index (χ1) is 11.8. The van der Waals surface area contributed by atoms with Crippen LogP contribution in [0.2, 0.25) is 0 Å². The third-order valence-electron chi connectivity index (χ3n) is 4.54. The first kappa shape index (κ1) is 16.5. The third-order valence-corrected chi connectivity index (χ3v) is 4.54. The van der Waals surface area contributed by atoms with E-state index >= 15 is 0 Å². The lowest BCUT2D eigenvalue weighted by molar-refractivity contribution is 0.0707. The van der Waals surface area contributed by atoms with Gasteiger partial charge in [0.25, 0.3) is 5.91 Å². The smallest absolute Gasteiger partial charge is 0.253 e. The molecule has 0 spiro atoms. The quantitative estimate of drug-likeness (QED) is 0.919. The molecule has 1 aliphatic heterocycles. The van der Waals surface area contributed by atoms with Gasteiger partial charge in [0.2, 0.25) is 0 Å². The molecule has 0 atom stereocenters. The highest BCUT2D eigenvalue weighted by molar-refractivity contribution is 5.94. The highest BCUT2D eigenvalue weighted by Gasteiger charge is 2.22. The maximum Gasteiger partial charge on any atom is 0.253 e. The maximum atomic E-state index is 12.6. The van der Waals surface area contributed by atoms with E-state index in [9.17, 15) is 4.79 Å². The minimum absolute atomic E-state index is 0.110. The molecule has 4 heteroatoms. The van der Waals surface area contributed by atoms with Crippen molar-refractivity contribution in [1.82, 2.24) is 10.2 Å². The average molecular weight is 324 g/mol. The van der Waals surface area contributed by atoms with Gasteiger partial charge in [0.15, 0.2) is 0 Å². The molecule has 2 aromatic carbocycles. The van der Waals surface area contributed by atoms with Crippen molar-refractivity contribution in [2.45, 2.75) is 25.5 Å². The number of piperidine rings is 1. The Bertz CT molecular complexity index is 647. The van der Waals surface area contributed by atoms with Crippen LogP contribution in [0.15, 0.2) is 54.6 Å². The summed E-state index contributed by atoms with van der Waals surface area (Å²) in [5.41, 5.74) is 1.86. The molecule has 0 radical (unpaired) electrons. The normalized spacial score (nSPS) is 15.3. The van der Waals surface area contributed by atoms with Crippen LogP contribution in [0.5, 0.6) is 5.75 Å². The number of nitrogens with zero attached hydrogens (tertiary/aromatic N) is 1. The molecule has 2 aromatic rings. The van der Waals surface area contributed by atoms with Gasteiger partial charge in [0, 0.05) is 24.7 Å².